The molecular weight excluding hydrogens is 565 g/mol. The molecule has 224 valence electrons. The van der Waals surface area contributed by atoms with Crippen LogP contribution in [0.15, 0.2) is 93.9 Å². The molecule has 1 N–H and O–H groups in total. The number of aliphatic hydroxyl groups is 1. The van der Waals surface area contributed by atoms with Gasteiger partial charge in [-0.05, 0) is 64.0 Å². The second-order valence-electron chi connectivity index (χ2n) is 12.3. The Hall–Kier alpha value is -2.75. The highest BCUT2D eigenvalue weighted by Gasteiger charge is 2.52. The van der Waals surface area contributed by atoms with Crippen molar-refractivity contribution in [3.63, 3.8) is 0 Å². The van der Waals surface area contributed by atoms with Crippen molar-refractivity contribution >= 4 is 34.6 Å². The van der Waals surface area contributed by atoms with Crippen molar-refractivity contribution in [3.8, 4) is 0 Å². The predicted octanol–water partition coefficient (Wildman–Crippen LogP) is 5.41. The lowest BCUT2D eigenvalue weighted by Crippen LogP contribution is -2.66. The first-order valence-electron chi connectivity index (χ1n) is 14.8. The van der Waals surface area contributed by atoms with Gasteiger partial charge in [0, 0.05) is 0 Å². The van der Waals surface area contributed by atoms with E-state index in [2.05, 4.69) is 76.2 Å². The number of hydrogen-bond donors (Lipinski definition) is 1. The van der Waals surface area contributed by atoms with Crippen molar-refractivity contribution in [2.45, 2.75) is 70.0 Å². The second kappa shape index (κ2) is 12.5. The van der Waals surface area contributed by atoms with Gasteiger partial charge in [-0.3, -0.25) is 0 Å². The zero-order valence-electron chi connectivity index (χ0n) is 25.0. The first-order chi connectivity index (χ1) is 20.1. The fraction of sp³-hybridized carbons (Fsp3) is 0.412. The summed E-state index contributed by atoms with van der Waals surface area (Å²) in [6, 6.07) is 24.5. The molecular formula is C34H42O6SSi. The average Bonchev–Trinajstić information content (AvgIpc) is 3.68. The van der Waals surface area contributed by atoms with Gasteiger partial charge in [0.2, 0.25) is 0 Å². The van der Waals surface area contributed by atoms with E-state index in [0.717, 1.165) is 24.0 Å². The van der Waals surface area contributed by atoms with Gasteiger partial charge < -0.3 is 18.7 Å². The van der Waals surface area contributed by atoms with Gasteiger partial charge >= 0.3 is 0 Å². The molecule has 42 heavy (non-hydrogen) atoms. The van der Waals surface area contributed by atoms with Crippen LogP contribution >= 0.6 is 0 Å². The Labute approximate surface area is 251 Å². The van der Waals surface area contributed by atoms with Gasteiger partial charge in [-0.2, -0.15) is 0 Å². The number of aliphatic hydroxyl groups excluding tert-OH is 1. The maximum Gasteiger partial charge on any atom is 0.261 e. The lowest BCUT2D eigenvalue weighted by Gasteiger charge is -2.43. The first kappa shape index (κ1) is 30.7. The summed E-state index contributed by atoms with van der Waals surface area (Å²) >= 11 is 0. The third-order valence-electron chi connectivity index (χ3n) is 8.61. The third kappa shape index (κ3) is 6.01. The van der Waals surface area contributed by atoms with E-state index in [-0.39, 0.29) is 36.7 Å². The van der Waals surface area contributed by atoms with Gasteiger partial charge in [-0.15, -0.1) is 0 Å². The molecule has 0 unspecified atom stereocenters. The number of fused-ring (bicyclic) bond motifs is 1. The van der Waals surface area contributed by atoms with Crippen LogP contribution in [0.4, 0.5) is 0 Å². The van der Waals surface area contributed by atoms with Gasteiger partial charge in [0.25, 0.3) is 8.32 Å². The molecule has 2 aromatic carbocycles. The van der Waals surface area contributed by atoms with Crippen molar-refractivity contribution in [2.75, 3.05) is 19.0 Å². The Morgan fingerprint density at radius 2 is 1.67 bits per heavy atom. The van der Waals surface area contributed by atoms with Crippen LogP contribution in [0.2, 0.25) is 5.04 Å². The summed E-state index contributed by atoms with van der Waals surface area (Å²) in [5, 5.41) is 10.9. The van der Waals surface area contributed by atoms with E-state index in [0.29, 0.717) is 17.9 Å². The molecule has 1 fully saturated rings. The number of allylic oxidation sites excluding steroid dienone is 1. The molecule has 2 atom stereocenters. The van der Waals surface area contributed by atoms with E-state index < -0.39 is 23.4 Å². The number of benzene rings is 2. The summed E-state index contributed by atoms with van der Waals surface area (Å²) in [6.07, 6.45) is 4.04. The standard InChI is InChI=1S/C34H42O6SSi/c1-5-25(20-27-17-18-28(21-35)40-27)16-19-31-33-26(24-41(36,37)32(33)23-38-31)22-39-42(34(2,3)4,29-12-8-6-9-13-29)30-14-10-7-11-15-30/h6-15,17-18,20,31-32,35H,5,16,19,21-24H2,1-4H3/b25-20+/t31-,32+/m1/s1. The molecule has 8 heteroatoms. The summed E-state index contributed by atoms with van der Waals surface area (Å²) in [5.74, 6) is 1.27. The zero-order valence-corrected chi connectivity index (χ0v) is 26.8. The van der Waals surface area contributed by atoms with Crippen LogP contribution in [-0.4, -0.2) is 52.2 Å². The average molecular weight is 607 g/mol. The quantitative estimate of drug-likeness (QED) is 0.232. The minimum Gasteiger partial charge on any atom is -0.459 e. The molecule has 0 radical (unpaired) electrons. The molecule has 3 heterocycles. The van der Waals surface area contributed by atoms with E-state index in [9.17, 15) is 13.5 Å². The molecule has 1 aromatic heterocycles. The minimum atomic E-state index is -3.35. The van der Waals surface area contributed by atoms with E-state index in [1.807, 2.05) is 24.3 Å². The van der Waals surface area contributed by atoms with E-state index >= 15 is 0 Å². The third-order valence-corrected chi connectivity index (χ3v) is 15.6. The summed E-state index contributed by atoms with van der Waals surface area (Å²) in [5.41, 5.74) is 2.95. The van der Waals surface area contributed by atoms with Gasteiger partial charge in [0.15, 0.2) is 9.84 Å². The van der Waals surface area contributed by atoms with E-state index in [1.54, 1.807) is 6.07 Å². The van der Waals surface area contributed by atoms with Crippen LogP contribution in [-0.2, 0) is 25.6 Å². The lowest BCUT2D eigenvalue weighted by molar-refractivity contribution is 0.117. The Kier molecular flexibility index (Phi) is 9.11. The van der Waals surface area contributed by atoms with Crippen molar-refractivity contribution in [2.24, 2.45) is 0 Å². The largest absolute Gasteiger partial charge is 0.459 e. The number of furan rings is 1. The molecule has 3 aromatic rings. The number of sulfone groups is 1. The molecule has 6 nitrogen and oxygen atoms in total. The fourth-order valence-electron chi connectivity index (χ4n) is 6.52. The monoisotopic (exact) mass is 606 g/mol. The van der Waals surface area contributed by atoms with Crippen molar-refractivity contribution in [1.29, 1.82) is 0 Å². The SMILES string of the molecule is CC/C(=C\c1ccc(CO)o1)CC[C@H]1OC[C@H]2C1=C(CO[Si](c1ccccc1)(c1ccccc1)C(C)(C)C)CS2(=O)=O. The Morgan fingerprint density at radius 1 is 1.02 bits per heavy atom. The number of hydrogen-bond acceptors (Lipinski definition) is 6. The summed E-state index contributed by atoms with van der Waals surface area (Å²) in [6.45, 7) is 9.13. The Morgan fingerprint density at radius 3 is 2.21 bits per heavy atom. The minimum absolute atomic E-state index is 0.0257. The highest BCUT2D eigenvalue weighted by atomic mass is 32.2. The predicted molar refractivity (Wildman–Crippen MR) is 170 cm³/mol. The lowest BCUT2D eigenvalue weighted by atomic mass is 9.96. The van der Waals surface area contributed by atoms with Gasteiger partial charge in [0.05, 0.1) is 25.1 Å². The molecule has 1 saturated heterocycles. The number of ether oxygens (including phenoxy) is 1. The number of rotatable bonds is 11. The van der Waals surface area contributed by atoms with Gasteiger partial charge in [-0.1, -0.05) is 93.9 Å². The normalized spacial score (nSPS) is 20.7. The maximum atomic E-state index is 13.3. The highest BCUT2D eigenvalue weighted by molar-refractivity contribution is 7.92. The molecule has 2 aliphatic rings. The van der Waals surface area contributed by atoms with E-state index in [4.69, 9.17) is 13.6 Å². The first-order valence-corrected chi connectivity index (χ1v) is 18.4. The fourth-order valence-corrected chi connectivity index (χ4v) is 13.0. The van der Waals surface area contributed by atoms with Crippen LogP contribution < -0.4 is 10.4 Å². The van der Waals surface area contributed by atoms with Crippen LogP contribution in [0.3, 0.4) is 0 Å². The van der Waals surface area contributed by atoms with Crippen LogP contribution in [0.1, 0.15) is 58.5 Å². The highest BCUT2D eigenvalue weighted by Crippen LogP contribution is 2.41. The Bertz CT molecular complexity index is 1490. The summed E-state index contributed by atoms with van der Waals surface area (Å²) in [4.78, 5) is 0. The molecule has 5 rings (SSSR count). The summed E-state index contributed by atoms with van der Waals surface area (Å²) in [7, 11) is -6.17. The second-order valence-corrected chi connectivity index (χ2v) is 18.8. The van der Waals surface area contributed by atoms with Crippen LogP contribution in [0.25, 0.3) is 6.08 Å². The summed E-state index contributed by atoms with van der Waals surface area (Å²) < 4.78 is 45.6. The van der Waals surface area contributed by atoms with Gasteiger partial charge in [0.1, 0.15) is 23.4 Å². The van der Waals surface area contributed by atoms with Crippen molar-refractivity contribution in [3.05, 3.63) is 101 Å². The topological polar surface area (TPSA) is 86.0 Å². The molecule has 0 bridgehead atoms. The van der Waals surface area contributed by atoms with Crippen LogP contribution in [0, 0.1) is 0 Å². The molecule has 2 aliphatic heterocycles. The Balaban J connectivity index is 1.45. The van der Waals surface area contributed by atoms with Gasteiger partial charge in [-0.25, -0.2) is 8.42 Å². The van der Waals surface area contributed by atoms with Crippen LogP contribution in [0.5, 0.6) is 0 Å². The maximum absolute atomic E-state index is 13.3. The molecule has 0 aliphatic carbocycles. The zero-order chi connectivity index (χ0) is 30.0. The smallest absolute Gasteiger partial charge is 0.261 e. The van der Waals surface area contributed by atoms with Crippen molar-refractivity contribution < 1.29 is 27.1 Å². The van der Waals surface area contributed by atoms with Crippen molar-refractivity contribution in [1.82, 2.24) is 0 Å². The molecule has 0 amide bonds. The molecule has 0 spiro atoms. The van der Waals surface area contributed by atoms with E-state index in [1.165, 1.54) is 15.9 Å². The molecule has 0 saturated carbocycles.